The van der Waals surface area contributed by atoms with Crippen molar-refractivity contribution in [3.05, 3.63) is 35.9 Å². The van der Waals surface area contributed by atoms with Crippen LogP contribution >= 0.6 is 0 Å². The Balaban J connectivity index is 3.19. The molecule has 0 heterocycles. The van der Waals surface area contributed by atoms with Gasteiger partial charge in [0.1, 0.15) is 0 Å². The van der Waals surface area contributed by atoms with Gasteiger partial charge in [-0.15, -0.1) is 13.2 Å². The molecule has 0 bridgehead atoms. The highest BCUT2D eigenvalue weighted by Gasteiger charge is 2.33. The monoisotopic (exact) mass is 361 g/mol. The quantitative estimate of drug-likeness (QED) is 0.333. The van der Waals surface area contributed by atoms with Gasteiger partial charge in [0.25, 0.3) is 0 Å². The van der Waals surface area contributed by atoms with E-state index in [0.29, 0.717) is 5.56 Å². The van der Waals surface area contributed by atoms with Crippen molar-refractivity contribution >= 4 is 11.9 Å². The van der Waals surface area contributed by atoms with E-state index in [0.717, 1.165) is 4.90 Å². The van der Waals surface area contributed by atoms with Crippen LogP contribution in [0.4, 0.5) is 13.2 Å². The molecule has 1 unspecified atom stereocenters. The second-order valence-electron chi connectivity index (χ2n) is 4.98. The first-order chi connectivity index (χ1) is 11.8. The van der Waals surface area contributed by atoms with Gasteiger partial charge in [0.15, 0.2) is 6.04 Å². The number of carbonyl (C=O) groups excluding carboxylic acids is 1. The molecule has 1 atom stereocenters. The average molecular weight is 361 g/mol. The number of benzene rings is 1. The number of hydrogen-bond acceptors (Lipinski definition) is 4. The van der Waals surface area contributed by atoms with E-state index in [-0.39, 0.29) is 26.4 Å². The van der Waals surface area contributed by atoms with E-state index in [9.17, 15) is 18.0 Å². The predicted octanol–water partition coefficient (Wildman–Crippen LogP) is 2.29. The Morgan fingerprint density at radius 1 is 1.24 bits per heavy atom. The first kappa shape index (κ1) is 20.8. The number of carbonyl (C=O) groups is 1. The van der Waals surface area contributed by atoms with Crippen LogP contribution in [-0.4, -0.2) is 49.0 Å². The SMILES string of the molecule is CCOCC(C(=O)OCC)N(Cc1ccccc1)C(N)=NC(F)(F)F. The fraction of sp³-hybridized carbons (Fsp3) is 0.500. The molecule has 0 aliphatic carbocycles. The Kier molecular flexibility index (Phi) is 8.20. The van der Waals surface area contributed by atoms with Crippen LogP contribution in [0.3, 0.4) is 0 Å². The van der Waals surface area contributed by atoms with Crippen LogP contribution in [0, 0.1) is 0 Å². The third-order valence-corrected chi connectivity index (χ3v) is 3.15. The molecule has 0 aliphatic rings. The molecule has 9 heteroatoms. The lowest BCUT2D eigenvalue weighted by Gasteiger charge is -2.31. The normalized spacial score (nSPS) is 13.4. The molecule has 6 nitrogen and oxygen atoms in total. The standard InChI is InChI=1S/C16H22F3N3O3/c1-3-24-11-13(14(23)25-4-2)22(15(20)21-16(17,18)19)10-12-8-6-5-7-9-12/h5-9,13H,3-4,10-11H2,1-2H3,(H2,20,21). The third-order valence-electron chi connectivity index (χ3n) is 3.15. The van der Waals surface area contributed by atoms with Gasteiger partial charge in [-0.05, 0) is 19.4 Å². The van der Waals surface area contributed by atoms with Gasteiger partial charge in [0, 0.05) is 13.2 Å². The molecule has 0 aromatic heterocycles. The molecule has 25 heavy (non-hydrogen) atoms. The summed E-state index contributed by atoms with van der Waals surface area (Å²) in [6, 6.07) is 7.49. The Bertz CT molecular complexity index is 565. The summed E-state index contributed by atoms with van der Waals surface area (Å²) in [5.74, 6) is -1.55. The molecule has 1 rings (SSSR count). The summed E-state index contributed by atoms with van der Waals surface area (Å²) in [7, 11) is 0. The molecule has 0 saturated carbocycles. The van der Waals surface area contributed by atoms with Crippen molar-refractivity contribution in [1.29, 1.82) is 0 Å². The number of aliphatic imine (C=N–C) groups is 1. The summed E-state index contributed by atoms with van der Waals surface area (Å²) in [6.07, 6.45) is -4.86. The van der Waals surface area contributed by atoms with Gasteiger partial charge in [-0.3, -0.25) is 0 Å². The van der Waals surface area contributed by atoms with Crippen LogP contribution in [0.25, 0.3) is 0 Å². The highest BCUT2D eigenvalue weighted by molar-refractivity contribution is 5.85. The zero-order chi connectivity index (χ0) is 18.9. The van der Waals surface area contributed by atoms with E-state index in [4.69, 9.17) is 15.2 Å². The number of rotatable bonds is 8. The second-order valence-corrected chi connectivity index (χ2v) is 4.98. The largest absolute Gasteiger partial charge is 0.506 e. The van der Waals surface area contributed by atoms with Crippen LogP contribution in [-0.2, 0) is 20.8 Å². The highest BCUT2D eigenvalue weighted by atomic mass is 19.4. The Morgan fingerprint density at radius 2 is 1.88 bits per heavy atom. The van der Waals surface area contributed by atoms with Gasteiger partial charge >= 0.3 is 12.3 Å². The Morgan fingerprint density at radius 3 is 2.40 bits per heavy atom. The highest BCUT2D eigenvalue weighted by Crippen LogP contribution is 2.18. The predicted molar refractivity (Wildman–Crippen MR) is 86.6 cm³/mol. The van der Waals surface area contributed by atoms with Gasteiger partial charge in [-0.2, -0.15) is 4.99 Å². The van der Waals surface area contributed by atoms with E-state index in [1.165, 1.54) is 0 Å². The van der Waals surface area contributed by atoms with Crippen LogP contribution in [0.5, 0.6) is 0 Å². The maximum absolute atomic E-state index is 12.6. The zero-order valence-corrected chi connectivity index (χ0v) is 14.1. The average Bonchev–Trinajstić information content (AvgIpc) is 2.53. The Hall–Kier alpha value is -2.29. The minimum Gasteiger partial charge on any atom is -0.464 e. The summed E-state index contributed by atoms with van der Waals surface area (Å²) in [4.78, 5) is 15.8. The molecule has 0 spiro atoms. The molecule has 1 aromatic carbocycles. The van der Waals surface area contributed by atoms with Crippen molar-refractivity contribution in [1.82, 2.24) is 4.90 Å². The molecule has 0 amide bonds. The van der Waals surface area contributed by atoms with E-state index < -0.39 is 24.3 Å². The second kappa shape index (κ2) is 9.87. The molecule has 2 N–H and O–H groups in total. The summed E-state index contributed by atoms with van der Waals surface area (Å²) in [6.45, 7) is 3.45. The maximum atomic E-state index is 12.6. The van der Waals surface area contributed by atoms with Crippen molar-refractivity contribution < 1.29 is 27.4 Å². The van der Waals surface area contributed by atoms with Crippen molar-refractivity contribution in [2.45, 2.75) is 32.7 Å². The molecule has 1 aromatic rings. The number of nitrogens with zero attached hydrogens (tertiary/aromatic N) is 2. The topological polar surface area (TPSA) is 77.2 Å². The number of esters is 1. The molecule has 0 radical (unpaired) electrons. The van der Waals surface area contributed by atoms with Gasteiger partial charge in [0.05, 0.1) is 13.2 Å². The summed E-state index contributed by atoms with van der Waals surface area (Å²) >= 11 is 0. The zero-order valence-electron chi connectivity index (χ0n) is 14.1. The van der Waals surface area contributed by atoms with E-state index in [1.54, 1.807) is 44.2 Å². The number of alkyl halides is 3. The van der Waals surface area contributed by atoms with E-state index in [2.05, 4.69) is 4.99 Å². The minimum atomic E-state index is -4.86. The third kappa shape index (κ3) is 7.42. The molecule has 140 valence electrons. The van der Waals surface area contributed by atoms with E-state index >= 15 is 0 Å². The fourth-order valence-corrected chi connectivity index (χ4v) is 2.08. The lowest BCUT2D eigenvalue weighted by atomic mass is 10.2. The Labute approximate surface area is 144 Å². The van der Waals surface area contributed by atoms with Crippen LogP contribution in [0.15, 0.2) is 35.3 Å². The lowest BCUT2D eigenvalue weighted by Crippen LogP contribution is -2.51. The fourth-order valence-electron chi connectivity index (χ4n) is 2.08. The first-order valence-corrected chi connectivity index (χ1v) is 7.75. The number of ether oxygens (including phenoxy) is 2. The van der Waals surface area contributed by atoms with Crippen molar-refractivity contribution in [3.63, 3.8) is 0 Å². The van der Waals surface area contributed by atoms with Gasteiger partial charge in [0.2, 0.25) is 5.96 Å². The van der Waals surface area contributed by atoms with Gasteiger partial charge in [-0.1, -0.05) is 30.3 Å². The summed E-state index contributed by atoms with van der Waals surface area (Å²) < 4.78 is 48.1. The van der Waals surface area contributed by atoms with Crippen LogP contribution in [0.1, 0.15) is 19.4 Å². The van der Waals surface area contributed by atoms with Gasteiger partial charge < -0.3 is 20.1 Å². The number of hydrogen-bond donors (Lipinski definition) is 1. The summed E-state index contributed by atoms with van der Waals surface area (Å²) in [5.41, 5.74) is 6.21. The molecular formula is C16H22F3N3O3. The molecule has 0 saturated heterocycles. The number of halogens is 3. The maximum Gasteiger partial charge on any atom is 0.506 e. The lowest BCUT2D eigenvalue weighted by molar-refractivity contribution is -0.151. The first-order valence-electron chi connectivity index (χ1n) is 7.75. The summed E-state index contributed by atoms with van der Waals surface area (Å²) in [5, 5.41) is 0. The van der Waals surface area contributed by atoms with Crippen LogP contribution in [0.2, 0.25) is 0 Å². The molecule has 0 aliphatic heterocycles. The minimum absolute atomic E-state index is 0.0528. The number of guanidine groups is 1. The molecular weight excluding hydrogens is 339 g/mol. The smallest absolute Gasteiger partial charge is 0.464 e. The van der Waals surface area contributed by atoms with Gasteiger partial charge in [-0.25, -0.2) is 4.79 Å². The van der Waals surface area contributed by atoms with Crippen molar-refractivity contribution in [2.24, 2.45) is 10.7 Å². The van der Waals surface area contributed by atoms with Crippen LogP contribution < -0.4 is 5.73 Å². The van der Waals surface area contributed by atoms with E-state index in [1.807, 2.05) is 0 Å². The van der Waals surface area contributed by atoms with Crippen molar-refractivity contribution in [2.75, 3.05) is 19.8 Å². The molecule has 0 fully saturated rings. The van der Waals surface area contributed by atoms with Crippen molar-refractivity contribution in [3.8, 4) is 0 Å². The number of nitrogens with two attached hydrogens (primary N) is 1.